The van der Waals surface area contributed by atoms with Crippen LogP contribution in [0.15, 0.2) is 23.0 Å². The van der Waals surface area contributed by atoms with Crippen LogP contribution in [0.2, 0.25) is 0 Å². The molecule has 3 rings (SSSR count). The van der Waals surface area contributed by atoms with Crippen molar-refractivity contribution >= 4 is 28.2 Å². The zero-order chi connectivity index (χ0) is 11.8. The van der Waals surface area contributed by atoms with Gasteiger partial charge in [-0.2, -0.15) is 0 Å². The van der Waals surface area contributed by atoms with Crippen molar-refractivity contribution in [2.24, 2.45) is 0 Å². The van der Waals surface area contributed by atoms with E-state index in [0.717, 1.165) is 47.1 Å². The maximum Gasteiger partial charge on any atom is 0.253 e. The second kappa shape index (κ2) is 4.08. The molecule has 88 valence electrons. The molecule has 0 bridgehead atoms. The zero-order valence-electron chi connectivity index (χ0n) is 9.35. The van der Waals surface area contributed by atoms with Gasteiger partial charge in [0.15, 0.2) is 0 Å². The van der Waals surface area contributed by atoms with Gasteiger partial charge < -0.3 is 10.3 Å². The van der Waals surface area contributed by atoms with Crippen LogP contribution >= 0.6 is 11.6 Å². The fourth-order valence-corrected chi connectivity index (χ4v) is 2.56. The van der Waals surface area contributed by atoms with Crippen LogP contribution in [-0.2, 0) is 12.3 Å². The van der Waals surface area contributed by atoms with Crippen LogP contribution in [0.5, 0.6) is 0 Å². The number of H-pyrrole nitrogens is 1. The number of fused-ring (bicyclic) bond motifs is 3. The molecule has 3 nitrogen and oxygen atoms in total. The lowest BCUT2D eigenvalue weighted by molar-refractivity contribution is 0.820. The first-order valence-corrected chi connectivity index (χ1v) is 6.30. The Labute approximate surface area is 104 Å². The summed E-state index contributed by atoms with van der Waals surface area (Å²) in [5.74, 6) is 0.461. The molecule has 0 fully saturated rings. The molecule has 0 atom stereocenters. The van der Waals surface area contributed by atoms with E-state index in [9.17, 15) is 4.79 Å². The fourth-order valence-electron chi connectivity index (χ4n) is 2.39. The van der Waals surface area contributed by atoms with E-state index >= 15 is 0 Å². The van der Waals surface area contributed by atoms with Crippen molar-refractivity contribution in [2.75, 3.05) is 11.9 Å². The van der Waals surface area contributed by atoms with E-state index in [-0.39, 0.29) is 5.56 Å². The lowest BCUT2D eigenvalue weighted by atomic mass is 10.0. The minimum absolute atomic E-state index is 0.0198. The van der Waals surface area contributed by atoms with E-state index in [4.69, 9.17) is 11.6 Å². The summed E-state index contributed by atoms with van der Waals surface area (Å²) in [7, 11) is 0. The first-order valence-electron chi connectivity index (χ1n) is 5.77. The van der Waals surface area contributed by atoms with Crippen LogP contribution < -0.4 is 10.9 Å². The summed E-state index contributed by atoms with van der Waals surface area (Å²) in [6.07, 6.45) is 1.87. The average Bonchev–Trinajstić information content (AvgIpc) is 2.38. The summed E-state index contributed by atoms with van der Waals surface area (Å²) in [6, 6.07) is 5.98. The molecule has 1 aliphatic heterocycles. The predicted molar refractivity (Wildman–Crippen MR) is 70.9 cm³/mol. The molecular formula is C13H13ClN2O. The number of hydrogen-bond acceptors (Lipinski definition) is 2. The maximum atomic E-state index is 11.9. The molecule has 2 aromatic rings. The number of benzene rings is 1. The largest absolute Gasteiger partial charge is 0.384 e. The van der Waals surface area contributed by atoms with Crippen molar-refractivity contribution in [1.82, 2.24) is 4.98 Å². The Morgan fingerprint density at radius 3 is 3.06 bits per heavy atom. The minimum atomic E-state index is 0.0198. The summed E-state index contributed by atoms with van der Waals surface area (Å²) in [6.45, 7) is 0.933. The van der Waals surface area contributed by atoms with Crippen molar-refractivity contribution in [3.8, 4) is 0 Å². The second-order valence-corrected chi connectivity index (χ2v) is 4.62. The Morgan fingerprint density at radius 1 is 1.35 bits per heavy atom. The standard InChI is InChI=1S/C13H13ClN2O/c14-7-8-3-4-9-11(6-8)16-13(17)10-2-1-5-15-12(9)10/h3-4,6,15H,1-2,5,7H2,(H,16,17). The van der Waals surface area contributed by atoms with Gasteiger partial charge in [-0.1, -0.05) is 12.1 Å². The third kappa shape index (κ3) is 1.71. The third-order valence-corrected chi connectivity index (χ3v) is 3.55. The quantitative estimate of drug-likeness (QED) is 0.762. The summed E-state index contributed by atoms with van der Waals surface area (Å²) in [5.41, 5.74) is 3.77. The zero-order valence-corrected chi connectivity index (χ0v) is 10.1. The molecule has 1 aromatic carbocycles. The Bertz CT molecular complexity index is 633. The first-order chi connectivity index (χ1) is 8.29. The van der Waals surface area contributed by atoms with Gasteiger partial charge in [0, 0.05) is 23.4 Å². The summed E-state index contributed by atoms with van der Waals surface area (Å²) >= 11 is 5.80. The number of aromatic nitrogens is 1. The van der Waals surface area contributed by atoms with Gasteiger partial charge in [0.1, 0.15) is 0 Å². The van der Waals surface area contributed by atoms with Gasteiger partial charge >= 0.3 is 0 Å². The molecule has 4 heteroatoms. The van der Waals surface area contributed by atoms with E-state index in [1.54, 1.807) is 0 Å². The molecule has 2 N–H and O–H groups in total. The molecule has 1 aromatic heterocycles. The van der Waals surface area contributed by atoms with Gasteiger partial charge in [0.2, 0.25) is 0 Å². The van der Waals surface area contributed by atoms with Gasteiger partial charge in [-0.3, -0.25) is 4.79 Å². The minimum Gasteiger partial charge on any atom is -0.384 e. The number of anilines is 1. The lowest BCUT2D eigenvalue weighted by Crippen LogP contribution is -2.22. The van der Waals surface area contributed by atoms with Gasteiger partial charge in [-0.25, -0.2) is 0 Å². The monoisotopic (exact) mass is 248 g/mol. The van der Waals surface area contributed by atoms with E-state index < -0.39 is 0 Å². The van der Waals surface area contributed by atoms with Crippen LogP contribution in [0, 0.1) is 0 Å². The Kier molecular flexibility index (Phi) is 2.56. The van der Waals surface area contributed by atoms with Crippen molar-refractivity contribution in [3.05, 3.63) is 39.7 Å². The van der Waals surface area contributed by atoms with Gasteiger partial charge in [-0.05, 0) is 24.5 Å². The van der Waals surface area contributed by atoms with Crippen LogP contribution in [-0.4, -0.2) is 11.5 Å². The summed E-state index contributed by atoms with van der Waals surface area (Å²) in [5, 5.41) is 4.41. The van der Waals surface area contributed by atoms with Gasteiger partial charge in [0.05, 0.1) is 11.2 Å². The van der Waals surface area contributed by atoms with Crippen LogP contribution in [0.1, 0.15) is 17.5 Å². The van der Waals surface area contributed by atoms with Gasteiger partial charge in [-0.15, -0.1) is 11.6 Å². The molecule has 0 amide bonds. The highest BCUT2D eigenvalue weighted by Crippen LogP contribution is 2.27. The van der Waals surface area contributed by atoms with E-state index in [1.807, 2.05) is 18.2 Å². The number of rotatable bonds is 1. The number of halogens is 1. The Hall–Kier alpha value is -1.48. The van der Waals surface area contributed by atoms with Gasteiger partial charge in [0.25, 0.3) is 5.56 Å². The van der Waals surface area contributed by atoms with Crippen LogP contribution in [0.25, 0.3) is 10.9 Å². The molecule has 2 heterocycles. The molecule has 0 saturated carbocycles. The Balaban J connectivity index is 2.34. The molecule has 0 spiro atoms. The number of hydrogen-bond donors (Lipinski definition) is 2. The number of alkyl halides is 1. The topological polar surface area (TPSA) is 44.9 Å². The predicted octanol–water partition coefficient (Wildman–Crippen LogP) is 2.63. The van der Waals surface area contributed by atoms with Crippen molar-refractivity contribution in [1.29, 1.82) is 0 Å². The highest BCUT2D eigenvalue weighted by atomic mass is 35.5. The molecule has 0 radical (unpaired) electrons. The van der Waals surface area contributed by atoms with Crippen molar-refractivity contribution in [3.63, 3.8) is 0 Å². The molecule has 0 aliphatic carbocycles. The molecule has 0 unspecified atom stereocenters. The molecular weight excluding hydrogens is 236 g/mol. The normalized spacial score (nSPS) is 14.4. The maximum absolute atomic E-state index is 11.9. The lowest BCUT2D eigenvalue weighted by Gasteiger charge is -2.19. The van der Waals surface area contributed by atoms with Crippen LogP contribution in [0.3, 0.4) is 0 Å². The highest BCUT2D eigenvalue weighted by Gasteiger charge is 2.15. The third-order valence-electron chi connectivity index (χ3n) is 3.24. The first kappa shape index (κ1) is 10.7. The molecule has 17 heavy (non-hydrogen) atoms. The summed E-state index contributed by atoms with van der Waals surface area (Å²) < 4.78 is 0. The number of nitrogens with one attached hydrogen (secondary N) is 2. The highest BCUT2D eigenvalue weighted by molar-refractivity contribution is 6.17. The molecule has 0 saturated heterocycles. The number of pyridine rings is 1. The van der Waals surface area contributed by atoms with E-state index in [0.29, 0.717) is 5.88 Å². The fraction of sp³-hybridized carbons (Fsp3) is 0.308. The molecule has 1 aliphatic rings. The second-order valence-electron chi connectivity index (χ2n) is 4.35. The number of aromatic amines is 1. The van der Waals surface area contributed by atoms with E-state index in [2.05, 4.69) is 10.3 Å². The van der Waals surface area contributed by atoms with Crippen LogP contribution in [0.4, 0.5) is 5.69 Å². The van der Waals surface area contributed by atoms with E-state index in [1.165, 1.54) is 0 Å². The smallest absolute Gasteiger partial charge is 0.253 e. The van der Waals surface area contributed by atoms with Crippen molar-refractivity contribution in [2.45, 2.75) is 18.7 Å². The van der Waals surface area contributed by atoms with Crippen molar-refractivity contribution < 1.29 is 0 Å². The summed E-state index contributed by atoms with van der Waals surface area (Å²) in [4.78, 5) is 14.9. The average molecular weight is 249 g/mol. The SMILES string of the molecule is O=c1[nH]c2cc(CCl)ccc2c2c1CCCN2. The Morgan fingerprint density at radius 2 is 2.24 bits per heavy atom.